The Kier molecular flexibility index (Phi) is 2.22. The van der Waals surface area contributed by atoms with Gasteiger partial charge in [0.1, 0.15) is 5.52 Å². The molecular formula is C12H11N5. The molecule has 3 aromatic rings. The maximum Gasteiger partial charge on any atom is 0.113 e. The highest BCUT2D eigenvalue weighted by atomic mass is 15.4. The average molecular weight is 225 g/mol. The molecule has 0 aliphatic rings. The van der Waals surface area contributed by atoms with Gasteiger partial charge in [-0.25, -0.2) is 4.68 Å². The molecule has 2 heterocycles. The Morgan fingerprint density at radius 3 is 2.94 bits per heavy atom. The van der Waals surface area contributed by atoms with E-state index < -0.39 is 0 Å². The quantitative estimate of drug-likeness (QED) is 0.723. The van der Waals surface area contributed by atoms with Crippen molar-refractivity contribution in [3.8, 4) is 5.69 Å². The number of anilines is 1. The number of hydrogen-bond donors (Lipinski definition) is 1. The van der Waals surface area contributed by atoms with E-state index in [0.717, 1.165) is 22.4 Å². The Morgan fingerprint density at radius 1 is 1.18 bits per heavy atom. The monoisotopic (exact) mass is 225 g/mol. The van der Waals surface area contributed by atoms with Gasteiger partial charge >= 0.3 is 0 Å². The van der Waals surface area contributed by atoms with E-state index in [9.17, 15) is 0 Å². The van der Waals surface area contributed by atoms with Gasteiger partial charge in [0.2, 0.25) is 0 Å². The lowest BCUT2D eigenvalue weighted by Gasteiger charge is -2.04. The van der Waals surface area contributed by atoms with Crippen LogP contribution in [0.5, 0.6) is 0 Å². The number of aromatic nitrogens is 4. The first-order valence-electron chi connectivity index (χ1n) is 5.32. The molecule has 2 aromatic heterocycles. The summed E-state index contributed by atoms with van der Waals surface area (Å²) in [6, 6.07) is 9.82. The summed E-state index contributed by atoms with van der Waals surface area (Å²) >= 11 is 0. The average Bonchev–Trinajstić information content (AvgIpc) is 2.82. The summed E-state index contributed by atoms with van der Waals surface area (Å²) in [5.74, 6) is 0. The first-order chi connectivity index (χ1) is 8.38. The van der Waals surface area contributed by atoms with Crippen molar-refractivity contribution >= 4 is 16.7 Å². The van der Waals surface area contributed by atoms with Gasteiger partial charge in [0.25, 0.3) is 0 Å². The molecule has 0 spiro atoms. The molecule has 0 saturated heterocycles. The van der Waals surface area contributed by atoms with Gasteiger partial charge in [-0.3, -0.25) is 4.98 Å². The van der Waals surface area contributed by atoms with E-state index in [-0.39, 0.29) is 0 Å². The lowest BCUT2D eigenvalue weighted by Crippen LogP contribution is -1.99. The molecule has 84 valence electrons. The number of fused-ring (bicyclic) bond motifs is 1. The molecule has 0 aliphatic carbocycles. The van der Waals surface area contributed by atoms with Crippen LogP contribution in [0.2, 0.25) is 0 Å². The fourth-order valence-corrected chi connectivity index (χ4v) is 1.74. The standard InChI is InChI=1S/C12H11N5/c1-13-9-6-10(8-14-7-9)17-12-5-3-2-4-11(12)15-16-17/h2-8,13H,1H3. The molecule has 0 radical (unpaired) electrons. The van der Waals surface area contributed by atoms with Crippen LogP contribution in [-0.4, -0.2) is 27.0 Å². The van der Waals surface area contributed by atoms with Crippen molar-refractivity contribution in [2.45, 2.75) is 0 Å². The number of rotatable bonds is 2. The second kappa shape index (κ2) is 3.86. The van der Waals surface area contributed by atoms with Crippen LogP contribution in [0.4, 0.5) is 5.69 Å². The predicted octanol–water partition coefficient (Wildman–Crippen LogP) is 1.86. The minimum Gasteiger partial charge on any atom is -0.387 e. The molecule has 0 atom stereocenters. The van der Waals surface area contributed by atoms with Crippen molar-refractivity contribution in [1.29, 1.82) is 0 Å². The molecule has 0 saturated carbocycles. The molecular weight excluding hydrogens is 214 g/mol. The van der Waals surface area contributed by atoms with Crippen LogP contribution in [0.1, 0.15) is 0 Å². The van der Waals surface area contributed by atoms with Crippen LogP contribution < -0.4 is 5.32 Å². The Labute approximate surface area is 98.1 Å². The van der Waals surface area contributed by atoms with Gasteiger partial charge in [-0.1, -0.05) is 17.3 Å². The van der Waals surface area contributed by atoms with Crippen molar-refractivity contribution in [2.75, 3.05) is 12.4 Å². The van der Waals surface area contributed by atoms with Gasteiger partial charge in [-0.2, -0.15) is 0 Å². The number of benzene rings is 1. The molecule has 17 heavy (non-hydrogen) atoms. The van der Waals surface area contributed by atoms with Crippen LogP contribution in [0.25, 0.3) is 16.7 Å². The van der Waals surface area contributed by atoms with E-state index in [4.69, 9.17) is 0 Å². The molecule has 0 amide bonds. The van der Waals surface area contributed by atoms with Gasteiger partial charge in [0, 0.05) is 7.05 Å². The van der Waals surface area contributed by atoms with Crippen molar-refractivity contribution < 1.29 is 0 Å². The number of nitrogens with one attached hydrogen (secondary N) is 1. The van der Waals surface area contributed by atoms with Gasteiger partial charge in [-0.05, 0) is 18.2 Å². The van der Waals surface area contributed by atoms with E-state index in [1.165, 1.54) is 0 Å². The second-order valence-corrected chi connectivity index (χ2v) is 3.67. The molecule has 0 aliphatic heterocycles. The third-order valence-electron chi connectivity index (χ3n) is 2.61. The molecule has 1 aromatic carbocycles. The summed E-state index contributed by atoms with van der Waals surface area (Å²) < 4.78 is 1.78. The molecule has 0 bridgehead atoms. The first-order valence-corrected chi connectivity index (χ1v) is 5.32. The van der Waals surface area contributed by atoms with E-state index >= 15 is 0 Å². The van der Waals surface area contributed by atoms with Crippen molar-refractivity contribution in [3.05, 3.63) is 42.7 Å². The number of pyridine rings is 1. The maximum atomic E-state index is 4.17. The van der Waals surface area contributed by atoms with Gasteiger partial charge in [0.05, 0.1) is 29.3 Å². The van der Waals surface area contributed by atoms with Gasteiger partial charge in [0.15, 0.2) is 0 Å². The number of hydrogen-bond acceptors (Lipinski definition) is 4. The van der Waals surface area contributed by atoms with Gasteiger partial charge in [-0.15, -0.1) is 5.10 Å². The maximum absolute atomic E-state index is 4.17. The molecule has 1 N–H and O–H groups in total. The Bertz CT molecular complexity index is 659. The predicted molar refractivity (Wildman–Crippen MR) is 66.2 cm³/mol. The van der Waals surface area contributed by atoms with Crippen LogP contribution in [0, 0.1) is 0 Å². The second-order valence-electron chi connectivity index (χ2n) is 3.67. The summed E-state index contributed by atoms with van der Waals surface area (Å²) in [5.41, 5.74) is 3.69. The lowest BCUT2D eigenvalue weighted by molar-refractivity contribution is 0.820. The zero-order valence-corrected chi connectivity index (χ0v) is 9.33. The van der Waals surface area contributed by atoms with Crippen molar-refractivity contribution in [1.82, 2.24) is 20.0 Å². The zero-order valence-electron chi connectivity index (χ0n) is 9.33. The largest absolute Gasteiger partial charge is 0.387 e. The summed E-state index contributed by atoms with van der Waals surface area (Å²) in [5, 5.41) is 11.3. The minimum atomic E-state index is 0.877. The summed E-state index contributed by atoms with van der Waals surface area (Å²) in [6.07, 6.45) is 3.53. The van der Waals surface area contributed by atoms with Crippen molar-refractivity contribution in [2.24, 2.45) is 0 Å². The highest BCUT2D eigenvalue weighted by Gasteiger charge is 2.05. The van der Waals surface area contributed by atoms with Crippen LogP contribution >= 0.6 is 0 Å². The third kappa shape index (κ3) is 1.61. The van der Waals surface area contributed by atoms with E-state index in [1.54, 1.807) is 17.1 Å². The highest BCUT2D eigenvalue weighted by Crippen LogP contribution is 2.17. The normalized spacial score (nSPS) is 10.6. The Balaban J connectivity index is 2.20. The fraction of sp³-hybridized carbons (Fsp3) is 0.0833. The Morgan fingerprint density at radius 2 is 2.06 bits per heavy atom. The van der Waals surface area contributed by atoms with Gasteiger partial charge < -0.3 is 5.32 Å². The van der Waals surface area contributed by atoms with Crippen LogP contribution in [-0.2, 0) is 0 Å². The molecule has 5 nitrogen and oxygen atoms in total. The minimum absolute atomic E-state index is 0.877. The van der Waals surface area contributed by atoms with E-state index in [2.05, 4.69) is 20.6 Å². The number of para-hydroxylation sites is 1. The first kappa shape index (κ1) is 9.77. The molecule has 3 rings (SSSR count). The Hall–Kier alpha value is -2.43. The smallest absolute Gasteiger partial charge is 0.113 e. The summed E-state index contributed by atoms with van der Waals surface area (Å²) in [7, 11) is 1.86. The lowest BCUT2D eigenvalue weighted by atomic mass is 10.3. The molecule has 5 heteroatoms. The van der Waals surface area contributed by atoms with E-state index in [0.29, 0.717) is 0 Å². The van der Waals surface area contributed by atoms with E-state index in [1.807, 2.05) is 37.4 Å². The topological polar surface area (TPSA) is 55.6 Å². The van der Waals surface area contributed by atoms with Crippen molar-refractivity contribution in [3.63, 3.8) is 0 Å². The fourth-order valence-electron chi connectivity index (χ4n) is 1.74. The number of nitrogens with zero attached hydrogens (tertiary/aromatic N) is 4. The third-order valence-corrected chi connectivity index (χ3v) is 2.61. The SMILES string of the molecule is CNc1cncc(-n2nnc3ccccc32)c1. The summed E-state index contributed by atoms with van der Waals surface area (Å²) in [6.45, 7) is 0. The van der Waals surface area contributed by atoms with Crippen LogP contribution in [0.3, 0.4) is 0 Å². The summed E-state index contributed by atoms with van der Waals surface area (Å²) in [4.78, 5) is 4.17. The molecule has 0 fully saturated rings. The zero-order chi connectivity index (χ0) is 11.7. The molecule has 0 unspecified atom stereocenters. The highest BCUT2D eigenvalue weighted by molar-refractivity contribution is 5.76. The van der Waals surface area contributed by atoms with Crippen LogP contribution in [0.15, 0.2) is 42.7 Å².